The van der Waals surface area contributed by atoms with Crippen LogP contribution in [0.2, 0.25) is 0 Å². The van der Waals surface area contributed by atoms with Crippen LogP contribution in [0.25, 0.3) is 11.5 Å². The molecule has 5 heteroatoms. The second-order valence-corrected chi connectivity index (χ2v) is 3.79. The van der Waals surface area contributed by atoms with Gasteiger partial charge in [0, 0.05) is 12.7 Å². The highest BCUT2D eigenvalue weighted by Gasteiger charge is 2.13. The van der Waals surface area contributed by atoms with Crippen LogP contribution >= 0.6 is 15.9 Å². The number of aromatic nitrogens is 2. The summed E-state index contributed by atoms with van der Waals surface area (Å²) in [7, 11) is 0. The fourth-order valence-electron chi connectivity index (χ4n) is 1.32. The first-order valence-electron chi connectivity index (χ1n) is 4.53. The molecule has 2 heterocycles. The normalized spacial score (nSPS) is 10.5. The highest BCUT2D eigenvalue weighted by atomic mass is 79.9. The molecule has 0 aliphatic rings. The molecule has 0 bridgehead atoms. The van der Waals surface area contributed by atoms with Gasteiger partial charge in [0.2, 0.25) is 0 Å². The van der Waals surface area contributed by atoms with Gasteiger partial charge >= 0.3 is 0 Å². The van der Waals surface area contributed by atoms with Gasteiger partial charge in [-0.3, -0.25) is 9.48 Å². The number of aryl methyl sites for hydroxylation is 1. The minimum absolute atomic E-state index is 0.540. The van der Waals surface area contributed by atoms with Gasteiger partial charge in [-0.2, -0.15) is 5.10 Å². The van der Waals surface area contributed by atoms with Gasteiger partial charge in [-0.1, -0.05) is 0 Å². The van der Waals surface area contributed by atoms with E-state index in [-0.39, 0.29) is 0 Å². The summed E-state index contributed by atoms with van der Waals surface area (Å²) in [6, 6.07) is 3.55. The van der Waals surface area contributed by atoms with E-state index in [4.69, 9.17) is 4.42 Å². The fourth-order valence-corrected chi connectivity index (χ4v) is 1.62. The van der Waals surface area contributed by atoms with Crippen molar-refractivity contribution in [1.82, 2.24) is 9.78 Å². The molecule has 78 valence electrons. The van der Waals surface area contributed by atoms with Crippen molar-refractivity contribution < 1.29 is 9.21 Å². The quantitative estimate of drug-likeness (QED) is 0.805. The molecular formula is C10H9BrN2O2. The summed E-state index contributed by atoms with van der Waals surface area (Å²) in [5.74, 6) is 0.594. The number of aldehydes is 1. The van der Waals surface area contributed by atoms with Crippen LogP contribution in [0.5, 0.6) is 0 Å². The Morgan fingerprint density at radius 2 is 2.40 bits per heavy atom. The first kappa shape index (κ1) is 10.2. The Morgan fingerprint density at radius 3 is 2.93 bits per heavy atom. The monoisotopic (exact) mass is 268 g/mol. The first-order valence-corrected chi connectivity index (χ1v) is 5.32. The first-order chi connectivity index (χ1) is 7.24. The highest BCUT2D eigenvalue weighted by Crippen LogP contribution is 2.25. The van der Waals surface area contributed by atoms with E-state index in [9.17, 15) is 4.79 Å². The summed E-state index contributed by atoms with van der Waals surface area (Å²) in [6.45, 7) is 2.69. The maximum atomic E-state index is 10.8. The molecule has 2 aromatic heterocycles. The molecule has 0 saturated carbocycles. The molecule has 0 aromatic carbocycles. The van der Waals surface area contributed by atoms with Gasteiger partial charge in [0.1, 0.15) is 5.69 Å². The fraction of sp³-hybridized carbons (Fsp3) is 0.200. The van der Waals surface area contributed by atoms with Crippen LogP contribution in [0.15, 0.2) is 27.4 Å². The smallest absolute Gasteiger partial charge is 0.169 e. The lowest BCUT2D eigenvalue weighted by Gasteiger charge is -1.92. The van der Waals surface area contributed by atoms with E-state index in [1.54, 1.807) is 23.0 Å². The van der Waals surface area contributed by atoms with Crippen molar-refractivity contribution in [3.05, 3.63) is 28.6 Å². The molecule has 0 saturated heterocycles. The van der Waals surface area contributed by atoms with E-state index in [1.165, 1.54) is 0 Å². The molecule has 4 nitrogen and oxygen atoms in total. The van der Waals surface area contributed by atoms with Crippen molar-refractivity contribution in [3.8, 4) is 11.5 Å². The number of rotatable bonds is 3. The van der Waals surface area contributed by atoms with Crippen LogP contribution < -0.4 is 0 Å². The molecule has 0 N–H and O–H groups in total. The van der Waals surface area contributed by atoms with E-state index in [0.717, 1.165) is 12.8 Å². The largest absolute Gasteiger partial charge is 0.448 e. The molecule has 0 atom stereocenters. The van der Waals surface area contributed by atoms with Gasteiger partial charge in [0.05, 0.1) is 5.56 Å². The molecule has 0 amide bonds. The Kier molecular flexibility index (Phi) is 2.73. The summed E-state index contributed by atoms with van der Waals surface area (Å²) < 4.78 is 7.68. The molecule has 2 aromatic rings. The van der Waals surface area contributed by atoms with E-state index in [2.05, 4.69) is 21.0 Å². The van der Waals surface area contributed by atoms with Crippen LogP contribution in [0, 0.1) is 0 Å². The minimum atomic E-state index is 0.540. The van der Waals surface area contributed by atoms with E-state index < -0.39 is 0 Å². The van der Waals surface area contributed by atoms with Gasteiger partial charge in [-0.05, 0) is 35.0 Å². The molecule has 0 fully saturated rings. The highest BCUT2D eigenvalue weighted by molar-refractivity contribution is 9.10. The summed E-state index contributed by atoms with van der Waals surface area (Å²) in [5.41, 5.74) is 1.12. The maximum Gasteiger partial charge on any atom is 0.169 e. The lowest BCUT2D eigenvalue weighted by Crippen LogP contribution is -1.93. The third kappa shape index (κ3) is 1.87. The summed E-state index contributed by atoms with van der Waals surface area (Å²) in [6.07, 6.45) is 2.49. The molecule has 15 heavy (non-hydrogen) atoms. The van der Waals surface area contributed by atoms with Crippen molar-refractivity contribution >= 4 is 22.2 Å². The summed E-state index contributed by atoms with van der Waals surface area (Å²) in [4.78, 5) is 10.8. The molecule has 2 rings (SSSR count). The third-order valence-corrected chi connectivity index (χ3v) is 2.47. The van der Waals surface area contributed by atoms with Crippen LogP contribution in [0.3, 0.4) is 0 Å². The SMILES string of the molecule is CCn1cc(C=O)c(-c2ccc(Br)o2)n1. The topological polar surface area (TPSA) is 48.0 Å². The van der Waals surface area contributed by atoms with E-state index in [1.807, 2.05) is 6.92 Å². The Morgan fingerprint density at radius 1 is 1.60 bits per heavy atom. The number of nitrogens with zero attached hydrogens (tertiary/aromatic N) is 2. The van der Waals surface area contributed by atoms with E-state index in [0.29, 0.717) is 21.7 Å². The van der Waals surface area contributed by atoms with Gasteiger partial charge in [-0.15, -0.1) is 0 Å². The summed E-state index contributed by atoms with van der Waals surface area (Å²) >= 11 is 3.21. The Balaban J connectivity index is 2.51. The zero-order valence-electron chi connectivity index (χ0n) is 8.11. The van der Waals surface area contributed by atoms with Crippen molar-refractivity contribution in [1.29, 1.82) is 0 Å². The van der Waals surface area contributed by atoms with E-state index >= 15 is 0 Å². The molecular weight excluding hydrogens is 260 g/mol. The number of carbonyl (C=O) groups is 1. The number of hydrogen-bond donors (Lipinski definition) is 0. The molecule has 0 spiro atoms. The van der Waals surface area contributed by atoms with Crippen LogP contribution in [-0.2, 0) is 6.54 Å². The predicted octanol–water partition coefficient (Wildman–Crippen LogP) is 2.74. The lowest BCUT2D eigenvalue weighted by atomic mass is 10.2. The van der Waals surface area contributed by atoms with Gasteiger partial charge < -0.3 is 4.42 Å². The third-order valence-electron chi connectivity index (χ3n) is 2.05. The Hall–Kier alpha value is -1.36. The number of carbonyl (C=O) groups excluding carboxylic acids is 1. The molecule has 0 aliphatic heterocycles. The van der Waals surface area contributed by atoms with Gasteiger partial charge in [-0.25, -0.2) is 0 Å². The van der Waals surface area contributed by atoms with Gasteiger partial charge in [0.25, 0.3) is 0 Å². The number of halogens is 1. The zero-order chi connectivity index (χ0) is 10.8. The van der Waals surface area contributed by atoms with Crippen molar-refractivity contribution in [2.24, 2.45) is 0 Å². The summed E-state index contributed by atoms with van der Waals surface area (Å²) in [5, 5.41) is 4.25. The lowest BCUT2D eigenvalue weighted by molar-refractivity contribution is 0.112. The second kappa shape index (κ2) is 4.02. The van der Waals surface area contributed by atoms with Crippen LogP contribution in [-0.4, -0.2) is 16.1 Å². The van der Waals surface area contributed by atoms with Gasteiger partial charge in [0.15, 0.2) is 16.7 Å². The Bertz CT molecular complexity index is 487. The molecule has 0 radical (unpaired) electrons. The average molecular weight is 269 g/mol. The zero-order valence-corrected chi connectivity index (χ0v) is 9.69. The number of hydrogen-bond acceptors (Lipinski definition) is 3. The van der Waals surface area contributed by atoms with Crippen LogP contribution in [0.1, 0.15) is 17.3 Å². The average Bonchev–Trinajstić information content (AvgIpc) is 2.82. The Labute approximate surface area is 95.0 Å². The molecule has 0 aliphatic carbocycles. The maximum absolute atomic E-state index is 10.8. The predicted molar refractivity (Wildman–Crippen MR) is 58.7 cm³/mol. The van der Waals surface area contributed by atoms with Crippen molar-refractivity contribution in [2.75, 3.05) is 0 Å². The number of furan rings is 1. The minimum Gasteiger partial charge on any atom is -0.448 e. The van der Waals surface area contributed by atoms with Crippen molar-refractivity contribution in [3.63, 3.8) is 0 Å². The second-order valence-electron chi connectivity index (χ2n) is 3.01. The standard InChI is InChI=1S/C10H9BrN2O2/c1-2-13-5-7(6-14)10(12-13)8-3-4-9(11)15-8/h3-6H,2H2,1H3. The van der Waals surface area contributed by atoms with Crippen molar-refractivity contribution in [2.45, 2.75) is 13.5 Å². The van der Waals surface area contributed by atoms with Crippen LogP contribution in [0.4, 0.5) is 0 Å². The molecule has 0 unspecified atom stereocenters.